The van der Waals surface area contributed by atoms with Crippen LogP contribution < -0.4 is 13.8 Å². The van der Waals surface area contributed by atoms with E-state index in [-0.39, 0.29) is 66.1 Å². The normalized spacial score (nSPS) is 24.2. The fourth-order valence-electron chi connectivity index (χ4n) is 8.01. The second kappa shape index (κ2) is 12.9. The van der Waals surface area contributed by atoms with Gasteiger partial charge in [0.2, 0.25) is 0 Å². The molecule has 3 fully saturated rings. The Morgan fingerprint density at radius 1 is 1.04 bits per heavy atom. The van der Waals surface area contributed by atoms with Gasteiger partial charge in [0.25, 0.3) is 0 Å². The van der Waals surface area contributed by atoms with Gasteiger partial charge in [-0.15, -0.1) is 0 Å². The first kappa shape index (κ1) is 36.4. The number of nitrogens with zero attached hydrogens (tertiary/aromatic N) is 4. The summed E-state index contributed by atoms with van der Waals surface area (Å²) < 4.78 is 138. The maximum absolute atomic E-state index is 17.1. The molecular weight excluding hydrogens is 721 g/mol. The lowest BCUT2D eigenvalue weighted by molar-refractivity contribution is -0.0500. The number of hydrogen-bond acceptors (Lipinski definition) is 9. The summed E-state index contributed by atoms with van der Waals surface area (Å²) in [5.74, 6) is -4.20. The molecule has 9 nitrogen and oxygen atoms in total. The van der Waals surface area contributed by atoms with Crippen LogP contribution in [0.4, 0.5) is 36.6 Å². The van der Waals surface area contributed by atoms with Crippen LogP contribution in [0.5, 0.6) is 11.8 Å². The van der Waals surface area contributed by atoms with Gasteiger partial charge in [-0.1, -0.05) is 13.0 Å². The molecule has 3 atom stereocenters. The molecule has 1 aromatic heterocycles. The predicted octanol–water partition coefficient (Wildman–Crippen LogP) is 6.96. The Morgan fingerprint density at radius 3 is 2.50 bits per heavy atom. The smallest absolute Gasteiger partial charge is 0.461 e. The van der Waals surface area contributed by atoms with Gasteiger partial charge in [-0.2, -0.15) is 31.6 Å². The number of anilines is 1. The van der Waals surface area contributed by atoms with E-state index in [1.54, 1.807) is 18.7 Å². The van der Waals surface area contributed by atoms with Gasteiger partial charge in [-0.05, 0) is 91.7 Å². The molecule has 3 aromatic carbocycles. The van der Waals surface area contributed by atoms with E-state index in [0.29, 0.717) is 38.4 Å². The van der Waals surface area contributed by atoms with Gasteiger partial charge in [0.15, 0.2) is 5.82 Å². The summed E-state index contributed by atoms with van der Waals surface area (Å²) in [6, 6.07) is 4.35. The second-order valence-corrected chi connectivity index (χ2v) is 15.6. The zero-order valence-corrected chi connectivity index (χ0v) is 29.0. The molecule has 0 radical (unpaired) electrons. The summed E-state index contributed by atoms with van der Waals surface area (Å²) in [5.41, 5.74) is -9.45. The van der Waals surface area contributed by atoms with E-state index in [4.69, 9.17) is 4.74 Å². The average Bonchev–Trinajstić information content (AvgIpc) is 3.58. The molecule has 280 valence electrons. The molecule has 17 heteroatoms. The minimum absolute atomic E-state index is 0.00819. The van der Waals surface area contributed by atoms with Crippen molar-refractivity contribution >= 4 is 37.6 Å². The molecule has 0 aliphatic carbocycles. The van der Waals surface area contributed by atoms with Gasteiger partial charge in [0.05, 0.1) is 16.7 Å². The van der Waals surface area contributed by atoms with Gasteiger partial charge >= 0.3 is 21.6 Å². The summed E-state index contributed by atoms with van der Waals surface area (Å²) >= 11 is 0. The van der Waals surface area contributed by atoms with Crippen molar-refractivity contribution in [1.29, 1.82) is 0 Å². The highest BCUT2D eigenvalue weighted by Gasteiger charge is 2.50. The van der Waals surface area contributed by atoms with Crippen molar-refractivity contribution in [1.82, 2.24) is 14.9 Å². The summed E-state index contributed by atoms with van der Waals surface area (Å²) in [7, 11) is -6.21. The third-order valence-electron chi connectivity index (χ3n) is 10.3. The van der Waals surface area contributed by atoms with E-state index in [1.165, 1.54) is 0 Å². The minimum Gasteiger partial charge on any atom is -0.461 e. The Labute approximate surface area is 294 Å². The number of β-amino-alcohol motifs (C(OH)–C–C–N with tert-alkyl or cyclic N) is 1. The van der Waals surface area contributed by atoms with Crippen LogP contribution in [0.3, 0.4) is 0 Å². The van der Waals surface area contributed by atoms with Crippen molar-refractivity contribution in [2.24, 2.45) is 0 Å². The number of aromatic nitrogens is 2. The number of aryl methyl sites for hydroxylation is 1. The Balaban J connectivity index is 1.43. The standard InChI is InChI=1S/C35H35F7N4O5S/c1-3-22-25(37)7-6-19-12-21(51-52(48,49)35(40,41)42)13-23(27(19)22)28-26(38)14-24-30(29(28)39)43-32(44-31(24)45-10-4-8-33(2,47)17-45)50-18-34-9-5-11-46(34)16-20(36)15-34/h6-7,12-14,20,47H,3-5,8-11,15-18H2,1-2H3/t20-,33-,34+/m1/s1. The molecule has 0 saturated carbocycles. The second-order valence-electron chi connectivity index (χ2n) is 14.1. The number of piperidine rings is 1. The fourth-order valence-corrected chi connectivity index (χ4v) is 8.46. The predicted molar refractivity (Wildman–Crippen MR) is 178 cm³/mol. The van der Waals surface area contributed by atoms with Crippen LogP contribution in [0.2, 0.25) is 0 Å². The minimum atomic E-state index is -6.21. The van der Waals surface area contributed by atoms with E-state index < -0.39 is 72.8 Å². The van der Waals surface area contributed by atoms with E-state index in [0.717, 1.165) is 30.7 Å². The van der Waals surface area contributed by atoms with Crippen LogP contribution in [0.25, 0.3) is 32.8 Å². The molecule has 0 unspecified atom stereocenters. The van der Waals surface area contributed by atoms with E-state index in [1.807, 2.05) is 4.90 Å². The number of rotatable bonds is 8. The number of fused-ring (bicyclic) bond motifs is 3. The van der Waals surface area contributed by atoms with Crippen molar-refractivity contribution < 1.29 is 53.2 Å². The first-order valence-corrected chi connectivity index (χ1v) is 18.3. The number of halogens is 7. The van der Waals surface area contributed by atoms with Gasteiger partial charge < -0.3 is 18.9 Å². The van der Waals surface area contributed by atoms with Crippen molar-refractivity contribution in [3.8, 4) is 22.9 Å². The molecule has 0 bridgehead atoms. The van der Waals surface area contributed by atoms with E-state index >= 15 is 13.2 Å². The topological polar surface area (TPSA) is 105 Å². The Hall–Kier alpha value is -3.96. The highest BCUT2D eigenvalue weighted by molar-refractivity contribution is 7.88. The zero-order chi connectivity index (χ0) is 37.4. The summed E-state index contributed by atoms with van der Waals surface area (Å²) in [6.45, 7) is 4.47. The van der Waals surface area contributed by atoms with Crippen LogP contribution in [-0.2, 0) is 16.5 Å². The van der Waals surface area contributed by atoms with Crippen molar-refractivity contribution in [3.05, 3.63) is 53.3 Å². The van der Waals surface area contributed by atoms with Gasteiger partial charge in [0, 0.05) is 31.4 Å². The SMILES string of the molecule is CCc1c(F)ccc2cc(OS(=O)(=O)C(F)(F)F)cc(-c3c(F)cc4c(N5CCC[C@@](C)(O)C5)nc(OC[C@@]56CCCN5C[C@H](F)C6)nc4c3F)c12. The highest BCUT2D eigenvalue weighted by Crippen LogP contribution is 2.44. The lowest BCUT2D eigenvalue weighted by Gasteiger charge is -2.38. The van der Waals surface area contributed by atoms with E-state index in [2.05, 4.69) is 14.2 Å². The first-order chi connectivity index (χ1) is 24.4. The number of benzene rings is 3. The fraction of sp³-hybridized carbons (Fsp3) is 0.486. The largest absolute Gasteiger partial charge is 0.534 e. The maximum Gasteiger partial charge on any atom is 0.534 e. The van der Waals surface area contributed by atoms with Gasteiger partial charge in [0.1, 0.15) is 41.5 Å². The van der Waals surface area contributed by atoms with Crippen LogP contribution in [0.1, 0.15) is 51.5 Å². The molecule has 3 aliphatic heterocycles. The van der Waals surface area contributed by atoms with Crippen LogP contribution in [-0.4, -0.2) is 84.0 Å². The maximum atomic E-state index is 17.1. The van der Waals surface area contributed by atoms with Gasteiger partial charge in [-0.25, -0.2) is 17.6 Å². The number of aliphatic hydroxyl groups is 1. The third kappa shape index (κ3) is 6.37. The molecule has 0 amide bonds. The summed E-state index contributed by atoms with van der Waals surface area (Å²) in [4.78, 5) is 12.5. The summed E-state index contributed by atoms with van der Waals surface area (Å²) in [5, 5.41) is 10.6. The molecule has 52 heavy (non-hydrogen) atoms. The molecule has 3 aliphatic rings. The molecule has 4 heterocycles. The van der Waals surface area contributed by atoms with Crippen LogP contribution in [0, 0.1) is 17.5 Å². The monoisotopic (exact) mass is 756 g/mol. The molecule has 1 N–H and O–H groups in total. The van der Waals surface area contributed by atoms with Crippen LogP contribution >= 0.6 is 0 Å². The number of hydrogen-bond donors (Lipinski definition) is 1. The molecule has 3 saturated heterocycles. The van der Waals surface area contributed by atoms with Crippen molar-refractivity contribution in [3.63, 3.8) is 0 Å². The first-order valence-electron chi connectivity index (χ1n) is 16.9. The molecule has 7 rings (SSSR count). The Morgan fingerprint density at radius 2 is 1.79 bits per heavy atom. The third-order valence-corrected chi connectivity index (χ3v) is 11.3. The van der Waals surface area contributed by atoms with Crippen LogP contribution in [0.15, 0.2) is 30.3 Å². The molecule has 4 aromatic rings. The average molecular weight is 757 g/mol. The Bertz CT molecular complexity index is 2190. The highest BCUT2D eigenvalue weighted by atomic mass is 32.2. The quantitative estimate of drug-likeness (QED) is 0.116. The lowest BCUT2D eigenvalue weighted by atomic mass is 9.91. The molecular formula is C35H35F7N4O5S. The molecule has 0 spiro atoms. The Kier molecular flexibility index (Phi) is 9.00. The lowest BCUT2D eigenvalue weighted by Crippen LogP contribution is -2.46. The van der Waals surface area contributed by atoms with Crippen molar-refractivity contribution in [2.45, 2.75) is 75.2 Å². The number of ether oxygens (including phenoxy) is 1. The zero-order valence-electron chi connectivity index (χ0n) is 28.2. The number of alkyl halides is 4. The summed E-state index contributed by atoms with van der Waals surface area (Å²) in [6.07, 6.45) is 1.59. The van der Waals surface area contributed by atoms with Crippen molar-refractivity contribution in [2.75, 3.05) is 37.7 Å². The van der Waals surface area contributed by atoms with E-state index in [9.17, 15) is 31.1 Å². The van der Waals surface area contributed by atoms with Gasteiger partial charge in [-0.3, -0.25) is 4.90 Å².